The smallest absolute Gasteiger partial charge is 0.304 e. The Morgan fingerprint density at radius 1 is 1.43 bits per heavy atom. The number of likely N-dealkylation sites (N-methyl/N-ethyl adjacent to an activating group) is 1. The van der Waals surface area contributed by atoms with Crippen LogP contribution in [0.2, 0.25) is 0 Å². The molecule has 0 spiro atoms. The van der Waals surface area contributed by atoms with Crippen LogP contribution in [-0.2, 0) is 11.2 Å². The highest BCUT2D eigenvalue weighted by molar-refractivity contribution is 5.67. The van der Waals surface area contributed by atoms with Crippen molar-refractivity contribution in [3.05, 3.63) is 35.9 Å². The fourth-order valence-corrected chi connectivity index (χ4v) is 1.39. The van der Waals surface area contributed by atoms with Crippen molar-refractivity contribution in [2.45, 2.75) is 18.9 Å². The van der Waals surface area contributed by atoms with Crippen LogP contribution < -0.4 is 5.32 Å². The normalized spacial score (nSPS) is 12.4. The number of carboxylic acid groups (broad SMARTS) is 1. The quantitative estimate of drug-likeness (QED) is 0.741. The third-order valence-electron chi connectivity index (χ3n) is 2.15. The molecule has 1 unspecified atom stereocenters. The summed E-state index contributed by atoms with van der Waals surface area (Å²) in [7, 11) is 1.79. The number of hydrogen-bond acceptors (Lipinski definition) is 2. The standard InChI is InChI=1S/C11H15NO2/c1-12-10(8-11(13)14)7-9-5-3-2-4-6-9/h2-6,10,12H,7-8H2,1H3,(H,13,14). The molecule has 0 aliphatic heterocycles. The Morgan fingerprint density at radius 2 is 2.07 bits per heavy atom. The van der Waals surface area contributed by atoms with Crippen molar-refractivity contribution in [1.29, 1.82) is 0 Å². The Morgan fingerprint density at radius 3 is 2.57 bits per heavy atom. The Balaban J connectivity index is 2.53. The van der Waals surface area contributed by atoms with Crippen molar-refractivity contribution < 1.29 is 9.90 Å². The molecule has 2 N–H and O–H groups in total. The van der Waals surface area contributed by atoms with Crippen LogP contribution in [0.15, 0.2) is 30.3 Å². The Kier molecular flexibility index (Phi) is 4.13. The van der Waals surface area contributed by atoms with E-state index in [-0.39, 0.29) is 12.5 Å². The van der Waals surface area contributed by atoms with E-state index in [1.165, 1.54) is 0 Å². The Hall–Kier alpha value is -1.35. The maximum Gasteiger partial charge on any atom is 0.304 e. The molecular formula is C11H15NO2. The molecule has 0 fully saturated rings. The molecule has 76 valence electrons. The third kappa shape index (κ3) is 3.58. The number of benzene rings is 1. The van der Waals surface area contributed by atoms with Gasteiger partial charge in [0.15, 0.2) is 0 Å². The van der Waals surface area contributed by atoms with E-state index >= 15 is 0 Å². The lowest BCUT2D eigenvalue weighted by Crippen LogP contribution is -2.30. The molecule has 3 heteroatoms. The van der Waals surface area contributed by atoms with E-state index < -0.39 is 5.97 Å². The molecule has 0 aliphatic carbocycles. The van der Waals surface area contributed by atoms with Crippen LogP contribution in [0, 0.1) is 0 Å². The van der Waals surface area contributed by atoms with E-state index in [4.69, 9.17) is 5.11 Å². The van der Waals surface area contributed by atoms with Crippen LogP contribution in [0.5, 0.6) is 0 Å². The van der Waals surface area contributed by atoms with Crippen molar-refractivity contribution in [1.82, 2.24) is 5.32 Å². The molecule has 0 aliphatic rings. The zero-order valence-electron chi connectivity index (χ0n) is 8.23. The van der Waals surface area contributed by atoms with E-state index in [1.807, 2.05) is 30.3 Å². The number of hydrogen-bond donors (Lipinski definition) is 2. The molecule has 1 aromatic carbocycles. The molecule has 0 amide bonds. The van der Waals surface area contributed by atoms with E-state index in [1.54, 1.807) is 7.05 Å². The largest absolute Gasteiger partial charge is 0.481 e. The van der Waals surface area contributed by atoms with Gasteiger partial charge < -0.3 is 10.4 Å². The van der Waals surface area contributed by atoms with Gasteiger partial charge in [0.1, 0.15) is 0 Å². The van der Waals surface area contributed by atoms with Gasteiger partial charge >= 0.3 is 5.97 Å². The van der Waals surface area contributed by atoms with Crippen LogP contribution in [0.3, 0.4) is 0 Å². The van der Waals surface area contributed by atoms with Gasteiger partial charge in [0.2, 0.25) is 0 Å². The lowest BCUT2D eigenvalue weighted by molar-refractivity contribution is -0.137. The maximum absolute atomic E-state index is 10.5. The van der Waals surface area contributed by atoms with E-state index in [0.717, 1.165) is 12.0 Å². The van der Waals surface area contributed by atoms with Gasteiger partial charge in [0.25, 0.3) is 0 Å². The lowest BCUT2D eigenvalue weighted by atomic mass is 10.0. The van der Waals surface area contributed by atoms with Gasteiger partial charge in [-0.3, -0.25) is 4.79 Å². The Labute approximate surface area is 83.8 Å². The molecule has 0 saturated carbocycles. The first-order valence-electron chi connectivity index (χ1n) is 4.65. The van der Waals surface area contributed by atoms with Crippen molar-refractivity contribution in [2.75, 3.05) is 7.05 Å². The molecule has 1 aromatic rings. The average molecular weight is 193 g/mol. The summed E-state index contributed by atoms with van der Waals surface area (Å²) >= 11 is 0. The number of carbonyl (C=O) groups is 1. The van der Waals surface area contributed by atoms with Crippen LogP contribution in [0.25, 0.3) is 0 Å². The fraction of sp³-hybridized carbons (Fsp3) is 0.364. The Bertz CT molecular complexity index is 285. The van der Waals surface area contributed by atoms with Crippen molar-refractivity contribution in [3.8, 4) is 0 Å². The van der Waals surface area contributed by atoms with E-state index in [2.05, 4.69) is 5.32 Å². The highest BCUT2D eigenvalue weighted by Crippen LogP contribution is 2.05. The highest BCUT2D eigenvalue weighted by atomic mass is 16.4. The molecule has 0 radical (unpaired) electrons. The zero-order valence-corrected chi connectivity index (χ0v) is 8.23. The molecule has 1 atom stereocenters. The van der Waals surface area contributed by atoms with E-state index in [9.17, 15) is 4.79 Å². The minimum Gasteiger partial charge on any atom is -0.481 e. The topological polar surface area (TPSA) is 49.3 Å². The van der Waals surface area contributed by atoms with Crippen LogP contribution in [0.4, 0.5) is 0 Å². The van der Waals surface area contributed by atoms with Gasteiger partial charge in [0, 0.05) is 6.04 Å². The summed E-state index contributed by atoms with van der Waals surface area (Å²) in [6.45, 7) is 0. The monoisotopic (exact) mass is 193 g/mol. The van der Waals surface area contributed by atoms with Crippen LogP contribution in [-0.4, -0.2) is 24.2 Å². The van der Waals surface area contributed by atoms with Crippen LogP contribution in [0.1, 0.15) is 12.0 Å². The summed E-state index contributed by atoms with van der Waals surface area (Å²) in [6.07, 6.45) is 0.912. The highest BCUT2D eigenvalue weighted by Gasteiger charge is 2.10. The number of nitrogens with one attached hydrogen (secondary N) is 1. The van der Waals surface area contributed by atoms with Crippen molar-refractivity contribution in [3.63, 3.8) is 0 Å². The summed E-state index contributed by atoms with van der Waals surface area (Å²) in [6, 6.07) is 9.90. The summed E-state index contributed by atoms with van der Waals surface area (Å²) in [5.74, 6) is -0.764. The molecule has 14 heavy (non-hydrogen) atoms. The minimum absolute atomic E-state index is 0.00917. The summed E-state index contributed by atoms with van der Waals surface area (Å²) < 4.78 is 0. The van der Waals surface area contributed by atoms with Crippen LogP contribution >= 0.6 is 0 Å². The van der Waals surface area contributed by atoms with Crippen molar-refractivity contribution in [2.24, 2.45) is 0 Å². The van der Waals surface area contributed by atoms with Gasteiger partial charge in [-0.25, -0.2) is 0 Å². The summed E-state index contributed by atoms with van der Waals surface area (Å²) in [5.41, 5.74) is 1.16. The van der Waals surface area contributed by atoms with Crippen molar-refractivity contribution >= 4 is 5.97 Å². The third-order valence-corrected chi connectivity index (χ3v) is 2.15. The zero-order chi connectivity index (χ0) is 10.4. The number of aliphatic carboxylic acids is 1. The predicted molar refractivity (Wildman–Crippen MR) is 55.2 cm³/mol. The molecule has 0 bridgehead atoms. The maximum atomic E-state index is 10.5. The van der Waals surface area contributed by atoms with E-state index in [0.29, 0.717) is 0 Å². The lowest BCUT2D eigenvalue weighted by Gasteiger charge is -2.13. The minimum atomic E-state index is -0.764. The van der Waals surface area contributed by atoms with Gasteiger partial charge in [-0.2, -0.15) is 0 Å². The van der Waals surface area contributed by atoms with Gasteiger partial charge in [-0.15, -0.1) is 0 Å². The summed E-state index contributed by atoms with van der Waals surface area (Å²) in [5, 5.41) is 11.7. The first-order valence-corrected chi connectivity index (χ1v) is 4.65. The molecule has 0 aromatic heterocycles. The molecule has 3 nitrogen and oxygen atoms in total. The first-order chi connectivity index (χ1) is 6.72. The molecular weight excluding hydrogens is 178 g/mol. The second kappa shape index (κ2) is 5.40. The second-order valence-corrected chi connectivity index (χ2v) is 3.27. The fourth-order valence-electron chi connectivity index (χ4n) is 1.39. The van der Waals surface area contributed by atoms with Gasteiger partial charge in [0.05, 0.1) is 6.42 Å². The SMILES string of the molecule is CNC(CC(=O)O)Cc1ccccc1. The summed E-state index contributed by atoms with van der Waals surface area (Å²) in [4.78, 5) is 10.5. The second-order valence-electron chi connectivity index (χ2n) is 3.27. The van der Waals surface area contributed by atoms with Gasteiger partial charge in [-0.1, -0.05) is 30.3 Å². The molecule has 0 heterocycles. The molecule has 0 saturated heterocycles. The first kappa shape index (κ1) is 10.7. The van der Waals surface area contributed by atoms with Gasteiger partial charge in [-0.05, 0) is 19.0 Å². The molecule has 1 rings (SSSR count). The number of carboxylic acids is 1. The average Bonchev–Trinajstić information content (AvgIpc) is 2.17. The predicted octanol–water partition coefficient (Wildman–Crippen LogP) is 1.29. The number of rotatable bonds is 5.